The number of hydrogen-bond donors (Lipinski definition) is 9. The zero-order valence-corrected chi connectivity index (χ0v) is 21.7. The lowest BCUT2D eigenvalue weighted by Gasteiger charge is -2.45. The van der Waals surface area contributed by atoms with E-state index in [4.69, 9.17) is 23.4 Å². The summed E-state index contributed by atoms with van der Waals surface area (Å²) in [6, 6.07) is 9.26. The van der Waals surface area contributed by atoms with Gasteiger partial charge in [-0.3, -0.25) is 4.79 Å². The SMILES string of the molecule is O=c1cc(-c2ccc(O)cc2)oc2cc(O[C@@H]3O[C@H](CO)[C@@H](O)[C@H](O)[C@H]3O[C@H]3O[C@H](CO)[C@@H](O)[C@@H](O)[C@H]3O)cc(O)c12. The van der Waals surface area contributed by atoms with Crippen LogP contribution in [0.1, 0.15) is 0 Å². The van der Waals surface area contributed by atoms with Crippen molar-refractivity contribution in [1.82, 2.24) is 0 Å². The van der Waals surface area contributed by atoms with Crippen molar-refractivity contribution < 1.29 is 69.3 Å². The van der Waals surface area contributed by atoms with Gasteiger partial charge >= 0.3 is 0 Å². The highest BCUT2D eigenvalue weighted by atomic mass is 16.8. The number of aliphatic hydroxyl groups is 7. The second kappa shape index (κ2) is 12.1. The molecule has 2 fully saturated rings. The van der Waals surface area contributed by atoms with Crippen LogP contribution >= 0.6 is 0 Å². The smallest absolute Gasteiger partial charge is 0.229 e. The van der Waals surface area contributed by atoms with Gasteiger partial charge in [0, 0.05) is 23.8 Å². The Morgan fingerprint density at radius 1 is 0.738 bits per heavy atom. The van der Waals surface area contributed by atoms with Crippen LogP contribution in [0.2, 0.25) is 0 Å². The van der Waals surface area contributed by atoms with Crippen LogP contribution in [0.15, 0.2) is 51.7 Å². The first-order chi connectivity index (χ1) is 20.0. The van der Waals surface area contributed by atoms with Gasteiger partial charge in [0.05, 0.1) is 13.2 Å². The molecule has 3 aromatic rings. The Bertz CT molecular complexity index is 1440. The van der Waals surface area contributed by atoms with Gasteiger partial charge in [0.2, 0.25) is 6.29 Å². The van der Waals surface area contributed by atoms with Crippen molar-refractivity contribution in [3.8, 4) is 28.6 Å². The first kappa shape index (κ1) is 30.1. The monoisotopic (exact) mass is 594 g/mol. The molecule has 3 heterocycles. The lowest BCUT2D eigenvalue weighted by Crippen LogP contribution is -2.65. The van der Waals surface area contributed by atoms with Crippen LogP contribution in [0.3, 0.4) is 0 Å². The minimum atomic E-state index is -1.86. The molecule has 1 aromatic heterocycles. The van der Waals surface area contributed by atoms with E-state index in [0.29, 0.717) is 5.56 Å². The molecular weight excluding hydrogens is 564 g/mol. The summed E-state index contributed by atoms with van der Waals surface area (Å²) >= 11 is 0. The van der Waals surface area contributed by atoms with Gasteiger partial charge in [-0.1, -0.05) is 0 Å². The number of benzene rings is 2. The number of aliphatic hydroxyl groups excluding tert-OH is 7. The van der Waals surface area contributed by atoms with Crippen LogP contribution < -0.4 is 10.2 Å². The Morgan fingerprint density at radius 3 is 2.00 bits per heavy atom. The number of phenolic OH excluding ortho intramolecular Hbond substituents is 2. The van der Waals surface area contributed by atoms with E-state index in [0.717, 1.165) is 12.1 Å². The molecule has 0 unspecified atom stereocenters. The van der Waals surface area contributed by atoms with Crippen LogP contribution in [0.25, 0.3) is 22.3 Å². The molecule has 5 rings (SSSR count). The van der Waals surface area contributed by atoms with Crippen LogP contribution in [-0.2, 0) is 14.2 Å². The van der Waals surface area contributed by atoms with Gasteiger partial charge in [-0.05, 0) is 24.3 Å². The van der Waals surface area contributed by atoms with Crippen molar-refractivity contribution in [2.24, 2.45) is 0 Å². The van der Waals surface area contributed by atoms with Gasteiger partial charge in [0.15, 0.2) is 17.8 Å². The fourth-order valence-electron chi connectivity index (χ4n) is 4.84. The summed E-state index contributed by atoms with van der Waals surface area (Å²) in [4.78, 5) is 12.8. The molecule has 2 aliphatic rings. The summed E-state index contributed by atoms with van der Waals surface area (Å²) < 4.78 is 28.2. The fourth-order valence-corrected chi connectivity index (χ4v) is 4.84. The first-order valence-electron chi connectivity index (χ1n) is 12.9. The van der Waals surface area contributed by atoms with Gasteiger partial charge in [-0.25, -0.2) is 0 Å². The van der Waals surface area contributed by atoms with Crippen LogP contribution in [0.5, 0.6) is 17.2 Å². The number of hydrogen-bond acceptors (Lipinski definition) is 15. The number of fused-ring (bicyclic) bond motifs is 1. The van der Waals surface area contributed by atoms with Crippen molar-refractivity contribution in [1.29, 1.82) is 0 Å². The summed E-state index contributed by atoms with van der Waals surface area (Å²) in [6.07, 6.45) is -16.7. The Balaban J connectivity index is 1.47. The second-order valence-corrected chi connectivity index (χ2v) is 9.96. The number of phenols is 2. The Kier molecular flexibility index (Phi) is 8.68. The molecule has 15 nitrogen and oxygen atoms in total. The highest BCUT2D eigenvalue weighted by molar-refractivity contribution is 5.86. The third kappa shape index (κ3) is 5.67. The van der Waals surface area contributed by atoms with E-state index in [1.807, 2.05) is 0 Å². The van der Waals surface area contributed by atoms with Crippen LogP contribution in [-0.4, -0.2) is 121 Å². The molecular formula is C27H30O15. The number of rotatable bonds is 7. The van der Waals surface area contributed by atoms with Crippen LogP contribution in [0, 0.1) is 0 Å². The average Bonchev–Trinajstić information content (AvgIpc) is 2.96. The molecule has 10 atom stereocenters. The molecule has 0 aliphatic carbocycles. The molecule has 2 aromatic carbocycles. The van der Waals surface area contributed by atoms with E-state index in [9.17, 15) is 50.8 Å². The van der Waals surface area contributed by atoms with Gasteiger partial charge in [0.1, 0.15) is 76.7 Å². The molecule has 42 heavy (non-hydrogen) atoms. The number of ether oxygens (including phenoxy) is 4. The lowest BCUT2D eigenvalue weighted by molar-refractivity contribution is -0.357. The summed E-state index contributed by atoms with van der Waals surface area (Å²) in [5.41, 5.74) is -0.244. The summed E-state index contributed by atoms with van der Waals surface area (Å²) in [7, 11) is 0. The summed E-state index contributed by atoms with van der Waals surface area (Å²) in [5.74, 6) is -0.592. The van der Waals surface area contributed by atoms with Crippen molar-refractivity contribution in [3.63, 3.8) is 0 Å². The molecule has 0 saturated carbocycles. The third-order valence-corrected chi connectivity index (χ3v) is 7.15. The van der Waals surface area contributed by atoms with Crippen molar-refractivity contribution >= 4 is 11.0 Å². The first-order valence-corrected chi connectivity index (χ1v) is 12.9. The quantitative estimate of drug-likeness (QED) is 0.142. The minimum absolute atomic E-state index is 0.00308. The summed E-state index contributed by atoms with van der Waals surface area (Å²) in [5, 5.41) is 90.9. The highest BCUT2D eigenvalue weighted by Crippen LogP contribution is 2.35. The molecule has 0 bridgehead atoms. The maximum absolute atomic E-state index is 12.8. The largest absolute Gasteiger partial charge is 0.508 e. The summed E-state index contributed by atoms with van der Waals surface area (Å²) in [6.45, 7) is -1.50. The highest BCUT2D eigenvalue weighted by Gasteiger charge is 2.51. The average molecular weight is 595 g/mol. The number of aromatic hydroxyl groups is 2. The third-order valence-electron chi connectivity index (χ3n) is 7.15. The predicted octanol–water partition coefficient (Wildman–Crippen LogP) is -2.13. The maximum Gasteiger partial charge on any atom is 0.229 e. The fraction of sp³-hybridized carbons (Fsp3) is 0.444. The van der Waals surface area contributed by atoms with Crippen molar-refractivity contribution in [2.45, 2.75) is 61.4 Å². The molecule has 0 radical (unpaired) electrons. The van der Waals surface area contributed by atoms with Gasteiger partial charge in [-0.15, -0.1) is 0 Å². The minimum Gasteiger partial charge on any atom is -0.508 e. The Labute approximate surface area is 236 Å². The predicted molar refractivity (Wildman–Crippen MR) is 138 cm³/mol. The van der Waals surface area contributed by atoms with Gasteiger partial charge < -0.3 is 69.3 Å². The normalized spacial score (nSPS) is 33.5. The standard InChI is InChI=1S/C27H30O15/c28-8-17-20(33)22(35)24(37)26(40-17)42-25-23(36)21(34)18(9-29)41-27(25)38-12-5-13(31)19-14(32)7-15(39-16(19)6-12)10-1-3-11(30)4-2-10/h1-7,17-18,20-31,33-37H,8-9H2/t17-,18-,20-,21-,22-,23+,24-,25-,26-,27-/m1/s1. The molecule has 0 amide bonds. The second-order valence-electron chi connectivity index (χ2n) is 9.96. The topological polar surface area (TPSA) is 249 Å². The molecule has 0 spiro atoms. The van der Waals surface area contributed by atoms with E-state index < -0.39 is 85.8 Å². The van der Waals surface area contributed by atoms with E-state index in [1.165, 1.54) is 30.3 Å². The van der Waals surface area contributed by atoms with Gasteiger partial charge in [0.25, 0.3) is 0 Å². The Morgan fingerprint density at radius 2 is 1.36 bits per heavy atom. The lowest BCUT2D eigenvalue weighted by atomic mass is 9.97. The molecule has 9 N–H and O–H groups in total. The Hall–Kier alpha value is -3.35. The van der Waals surface area contributed by atoms with E-state index in [2.05, 4.69) is 0 Å². The maximum atomic E-state index is 12.8. The van der Waals surface area contributed by atoms with Crippen molar-refractivity contribution in [3.05, 3.63) is 52.7 Å². The van der Waals surface area contributed by atoms with Crippen LogP contribution in [0.4, 0.5) is 0 Å². The molecule has 2 saturated heterocycles. The molecule has 228 valence electrons. The zero-order valence-electron chi connectivity index (χ0n) is 21.7. The van der Waals surface area contributed by atoms with Crippen molar-refractivity contribution in [2.75, 3.05) is 13.2 Å². The van der Waals surface area contributed by atoms with E-state index in [-0.39, 0.29) is 28.2 Å². The van der Waals surface area contributed by atoms with Gasteiger partial charge in [-0.2, -0.15) is 0 Å². The van der Waals surface area contributed by atoms with E-state index >= 15 is 0 Å². The molecule has 15 heteroatoms. The van der Waals surface area contributed by atoms with E-state index in [1.54, 1.807) is 0 Å². The zero-order chi connectivity index (χ0) is 30.3. The molecule has 2 aliphatic heterocycles.